The van der Waals surface area contributed by atoms with Crippen LogP contribution in [0.1, 0.15) is 11.6 Å². The molecule has 2 unspecified atom stereocenters. The van der Waals surface area contributed by atoms with Crippen molar-refractivity contribution in [3.8, 4) is 5.75 Å². The lowest BCUT2D eigenvalue weighted by molar-refractivity contribution is 0.161. The Morgan fingerprint density at radius 1 is 1.53 bits per heavy atom. The van der Waals surface area contributed by atoms with Crippen LogP contribution in [-0.2, 0) is 0 Å². The van der Waals surface area contributed by atoms with Gasteiger partial charge in [0.15, 0.2) is 11.6 Å². The minimum Gasteiger partial charge on any atom is -0.494 e. The summed E-state index contributed by atoms with van der Waals surface area (Å²) in [5.41, 5.74) is 0.946. The van der Waals surface area contributed by atoms with Gasteiger partial charge < -0.3 is 15.4 Å². The molecule has 1 aliphatic rings. The summed E-state index contributed by atoms with van der Waals surface area (Å²) in [4.78, 5) is 2.31. The molecule has 0 bridgehead atoms. The van der Waals surface area contributed by atoms with Crippen molar-refractivity contribution in [3.63, 3.8) is 0 Å². The molecular formula is C14H22FN3O. The fourth-order valence-corrected chi connectivity index (χ4v) is 2.66. The first kappa shape index (κ1) is 14.2. The normalized spacial score (nSPS) is 22.2. The number of hydrogen-bond acceptors (Lipinski definition) is 4. The second-order valence-corrected chi connectivity index (χ2v) is 4.91. The summed E-state index contributed by atoms with van der Waals surface area (Å²) in [5, 5.41) is 6.68. The van der Waals surface area contributed by atoms with E-state index in [-0.39, 0.29) is 17.6 Å². The second kappa shape index (κ2) is 6.32. The molecule has 4 nitrogen and oxygen atoms in total. The molecule has 1 aromatic rings. The Labute approximate surface area is 113 Å². The Balaban J connectivity index is 2.23. The Morgan fingerprint density at radius 3 is 2.89 bits per heavy atom. The minimum atomic E-state index is -0.313. The number of likely N-dealkylation sites (N-methyl/N-ethyl adjacent to an activating group) is 2. The van der Waals surface area contributed by atoms with Crippen LogP contribution in [0, 0.1) is 5.82 Å². The van der Waals surface area contributed by atoms with Crippen LogP contribution < -0.4 is 15.4 Å². The Kier molecular flexibility index (Phi) is 4.74. The number of ether oxygens (including phenoxy) is 1. The zero-order chi connectivity index (χ0) is 13.8. The molecule has 1 aromatic carbocycles. The van der Waals surface area contributed by atoms with Gasteiger partial charge >= 0.3 is 0 Å². The van der Waals surface area contributed by atoms with E-state index in [4.69, 9.17) is 4.74 Å². The lowest BCUT2D eigenvalue weighted by Crippen LogP contribution is -2.54. The number of halogens is 1. The Morgan fingerprint density at radius 2 is 2.32 bits per heavy atom. The summed E-state index contributed by atoms with van der Waals surface area (Å²) in [6.45, 7) is 2.90. The maximum Gasteiger partial charge on any atom is 0.165 e. The van der Waals surface area contributed by atoms with Crippen molar-refractivity contribution in [2.75, 3.05) is 40.8 Å². The molecule has 0 spiro atoms. The molecule has 0 radical (unpaired) electrons. The molecule has 106 valence electrons. The maximum absolute atomic E-state index is 13.8. The third-order valence-electron chi connectivity index (χ3n) is 3.79. The monoisotopic (exact) mass is 267 g/mol. The fourth-order valence-electron chi connectivity index (χ4n) is 2.66. The van der Waals surface area contributed by atoms with Crippen LogP contribution in [0.3, 0.4) is 0 Å². The largest absolute Gasteiger partial charge is 0.494 e. The summed E-state index contributed by atoms with van der Waals surface area (Å²) in [6, 6.07) is 5.57. The molecule has 0 aromatic heterocycles. The molecule has 0 saturated carbocycles. The van der Waals surface area contributed by atoms with E-state index in [1.54, 1.807) is 12.1 Å². The topological polar surface area (TPSA) is 36.5 Å². The summed E-state index contributed by atoms with van der Waals surface area (Å²) < 4.78 is 18.8. The molecular weight excluding hydrogens is 245 g/mol. The van der Waals surface area contributed by atoms with Crippen LogP contribution >= 0.6 is 0 Å². The molecule has 1 saturated heterocycles. The highest BCUT2D eigenvalue weighted by Gasteiger charge is 2.28. The maximum atomic E-state index is 13.8. The minimum absolute atomic E-state index is 0.0956. The van der Waals surface area contributed by atoms with Crippen molar-refractivity contribution in [1.82, 2.24) is 15.5 Å². The van der Waals surface area contributed by atoms with Crippen LogP contribution in [0.25, 0.3) is 0 Å². The number of methoxy groups -OCH3 is 1. The SMILES string of the molecule is CNC(c1ccc(OC)c(F)c1)C1CNCCN1C. The predicted molar refractivity (Wildman–Crippen MR) is 74.0 cm³/mol. The standard InChI is InChI=1S/C14H22FN3O/c1-16-14(12-9-17-6-7-18(12)2)10-4-5-13(19-3)11(15)8-10/h4-5,8,12,14,16-17H,6-7,9H2,1-3H3. The number of piperazine rings is 1. The molecule has 19 heavy (non-hydrogen) atoms. The third kappa shape index (κ3) is 3.05. The van der Waals surface area contributed by atoms with E-state index in [1.165, 1.54) is 7.11 Å². The molecule has 2 rings (SSSR count). The van der Waals surface area contributed by atoms with Crippen LogP contribution in [0.15, 0.2) is 18.2 Å². The third-order valence-corrected chi connectivity index (χ3v) is 3.79. The van der Waals surface area contributed by atoms with Crippen molar-refractivity contribution < 1.29 is 9.13 Å². The molecule has 2 N–H and O–H groups in total. The first-order valence-corrected chi connectivity index (χ1v) is 6.59. The molecule has 1 fully saturated rings. The lowest BCUT2D eigenvalue weighted by Gasteiger charge is -2.38. The van der Waals surface area contributed by atoms with Gasteiger partial charge in [-0.3, -0.25) is 4.90 Å². The van der Waals surface area contributed by atoms with Gasteiger partial charge in [0.2, 0.25) is 0 Å². The van der Waals surface area contributed by atoms with E-state index in [0.29, 0.717) is 6.04 Å². The number of nitrogens with one attached hydrogen (secondary N) is 2. The van der Waals surface area contributed by atoms with E-state index in [0.717, 1.165) is 25.2 Å². The first-order valence-electron chi connectivity index (χ1n) is 6.59. The van der Waals surface area contributed by atoms with Crippen molar-refractivity contribution >= 4 is 0 Å². The number of benzene rings is 1. The Hall–Kier alpha value is -1.17. The van der Waals surface area contributed by atoms with Crippen molar-refractivity contribution in [1.29, 1.82) is 0 Å². The molecule has 0 amide bonds. The van der Waals surface area contributed by atoms with E-state index in [9.17, 15) is 4.39 Å². The van der Waals surface area contributed by atoms with E-state index >= 15 is 0 Å². The van der Waals surface area contributed by atoms with Gasteiger partial charge in [0.25, 0.3) is 0 Å². The van der Waals surface area contributed by atoms with Gasteiger partial charge in [-0.15, -0.1) is 0 Å². The predicted octanol–water partition coefficient (Wildman–Crippen LogP) is 0.998. The van der Waals surface area contributed by atoms with Crippen LogP contribution in [-0.4, -0.2) is 51.8 Å². The van der Waals surface area contributed by atoms with E-state index < -0.39 is 0 Å². The quantitative estimate of drug-likeness (QED) is 0.853. The molecule has 0 aliphatic carbocycles. The smallest absolute Gasteiger partial charge is 0.165 e. The molecule has 5 heteroatoms. The van der Waals surface area contributed by atoms with Gasteiger partial charge in [-0.1, -0.05) is 6.07 Å². The molecule has 1 heterocycles. The number of rotatable bonds is 4. The highest BCUT2D eigenvalue weighted by molar-refractivity contribution is 5.32. The second-order valence-electron chi connectivity index (χ2n) is 4.91. The van der Waals surface area contributed by atoms with Gasteiger partial charge in [0.1, 0.15) is 0 Å². The summed E-state index contributed by atoms with van der Waals surface area (Å²) in [5.74, 6) is -0.0274. The zero-order valence-electron chi connectivity index (χ0n) is 11.7. The van der Waals surface area contributed by atoms with Crippen LogP contribution in [0.5, 0.6) is 5.75 Å². The lowest BCUT2D eigenvalue weighted by atomic mass is 9.96. The summed E-state index contributed by atoms with van der Waals surface area (Å²) >= 11 is 0. The van der Waals surface area contributed by atoms with Crippen LogP contribution in [0.4, 0.5) is 4.39 Å². The van der Waals surface area contributed by atoms with Crippen LogP contribution in [0.2, 0.25) is 0 Å². The first-order chi connectivity index (χ1) is 9.17. The van der Waals surface area contributed by atoms with Gasteiger partial charge in [-0.25, -0.2) is 4.39 Å². The zero-order valence-corrected chi connectivity index (χ0v) is 11.7. The average molecular weight is 267 g/mol. The summed E-state index contributed by atoms with van der Waals surface area (Å²) in [7, 11) is 5.50. The number of hydrogen-bond donors (Lipinski definition) is 2. The van der Waals surface area contributed by atoms with Crippen molar-refractivity contribution in [3.05, 3.63) is 29.6 Å². The van der Waals surface area contributed by atoms with Gasteiger partial charge in [-0.05, 0) is 31.8 Å². The molecule has 2 atom stereocenters. The highest BCUT2D eigenvalue weighted by atomic mass is 19.1. The summed E-state index contributed by atoms with van der Waals surface area (Å²) in [6.07, 6.45) is 0. The average Bonchev–Trinajstić information content (AvgIpc) is 2.42. The van der Waals surface area contributed by atoms with E-state index in [1.807, 2.05) is 13.1 Å². The van der Waals surface area contributed by atoms with Gasteiger partial charge in [-0.2, -0.15) is 0 Å². The van der Waals surface area contributed by atoms with Gasteiger partial charge in [0.05, 0.1) is 7.11 Å². The van der Waals surface area contributed by atoms with Crippen molar-refractivity contribution in [2.45, 2.75) is 12.1 Å². The van der Waals surface area contributed by atoms with Gasteiger partial charge in [0, 0.05) is 31.7 Å². The van der Waals surface area contributed by atoms with E-state index in [2.05, 4.69) is 22.6 Å². The number of nitrogens with zero attached hydrogens (tertiary/aromatic N) is 1. The highest BCUT2D eigenvalue weighted by Crippen LogP contribution is 2.25. The molecule has 1 aliphatic heterocycles. The fraction of sp³-hybridized carbons (Fsp3) is 0.571. The Bertz CT molecular complexity index is 427. The van der Waals surface area contributed by atoms with Crippen molar-refractivity contribution in [2.24, 2.45) is 0 Å².